The van der Waals surface area contributed by atoms with Crippen LogP contribution in [-0.2, 0) is 6.42 Å². The number of hydrogen-bond donors (Lipinski definition) is 1. The SMILES string of the molecule is COc1cc(C2=NCC3=C(N2)Oc2c(F)cc(F)cc2C3)cc(OC)c1OC. The van der Waals surface area contributed by atoms with E-state index in [0.717, 1.165) is 11.6 Å². The second-order valence-electron chi connectivity index (χ2n) is 6.29. The summed E-state index contributed by atoms with van der Waals surface area (Å²) in [7, 11) is 4.58. The zero-order valence-electron chi connectivity index (χ0n) is 15.6. The summed E-state index contributed by atoms with van der Waals surface area (Å²) in [5.41, 5.74) is 1.97. The predicted molar refractivity (Wildman–Crippen MR) is 98.4 cm³/mol. The van der Waals surface area contributed by atoms with Gasteiger partial charge in [0, 0.05) is 29.2 Å². The first-order chi connectivity index (χ1) is 13.5. The molecule has 2 aromatic rings. The molecule has 2 aliphatic rings. The van der Waals surface area contributed by atoms with Gasteiger partial charge in [-0.25, -0.2) is 8.78 Å². The number of benzene rings is 2. The van der Waals surface area contributed by atoms with Gasteiger partial charge in [-0.05, 0) is 18.2 Å². The fourth-order valence-electron chi connectivity index (χ4n) is 3.29. The highest BCUT2D eigenvalue weighted by atomic mass is 19.1. The van der Waals surface area contributed by atoms with Gasteiger partial charge < -0.3 is 24.3 Å². The molecule has 146 valence electrons. The Balaban J connectivity index is 1.65. The van der Waals surface area contributed by atoms with Crippen LogP contribution in [0.4, 0.5) is 8.78 Å². The second kappa shape index (κ2) is 7.03. The molecule has 0 atom stereocenters. The van der Waals surface area contributed by atoms with E-state index in [1.165, 1.54) is 27.4 Å². The van der Waals surface area contributed by atoms with Crippen LogP contribution in [0.3, 0.4) is 0 Å². The van der Waals surface area contributed by atoms with E-state index in [2.05, 4.69) is 10.3 Å². The van der Waals surface area contributed by atoms with E-state index in [1.54, 1.807) is 12.1 Å². The number of ether oxygens (including phenoxy) is 4. The van der Waals surface area contributed by atoms with Crippen LogP contribution < -0.4 is 24.3 Å². The van der Waals surface area contributed by atoms with Crippen LogP contribution in [-0.4, -0.2) is 33.7 Å². The van der Waals surface area contributed by atoms with E-state index in [9.17, 15) is 8.78 Å². The van der Waals surface area contributed by atoms with Gasteiger partial charge in [0.1, 0.15) is 11.7 Å². The van der Waals surface area contributed by atoms with Gasteiger partial charge in [0.05, 0.1) is 27.9 Å². The molecule has 1 N–H and O–H groups in total. The molecule has 2 aromatic carbocycles. The van der Waals surface area contributed by atoms with Gasteiger partial charge in [-0.3, -0.25) is 4.99 Å². The minimum Gasteiger partial charge on any atom is -0.493 e. The molecule has 4 rings (SSSR count). The number of aliphatic imine (C=N–C) groups is 1. The van der Waals surface area contributed by atoms with Gasteiger partial charge in [-0.15, -0.1) is 0 Å². The maximum atomic E-state index is 14.1. The quantitative estimate of drug-likeness (QED) is 0.872. The molecule has 8 heteroatoms. The molecule has 2 heterocycles. The van der Waals surface area contributed by atoms with Crippen LogP contribution in [0.15, 0.2) is 40.7 Å². The molecule has 0 aliphatic carbocycles. The van der Waals surface area contributed by atoms with Gasteiger partial charge in [-0.1, -0.05) is 0 Å². The van der Waals surface area contributed by atoms with Crippen LogP contribution in [0.2, 0.25) is 0 Å². The summed E-state index contributed by atoms with van der Waals surface area (Å²) in [5, 5.41) is 3.09. The summed E-state index contributed by atoms with van der Waals surface area (Å²) in [6.07, 6.45) is 0.360. The molecule has 0 amide bonds. The predicted octanol–water partition coefficient (Wildman–Crippen LogP) is 3.19. The summed E-state index contributed by atoms with van der Waals surface area (Å²) >= 11 is 0. The zero-order valence-corrected chi connectivity index (χ0v) is 15.6. The Kier molecular flexibility index (Phi) is 4.54. The number of fused-ring (bicyclic) bond motifs is 1. The van der Waals surface area contributed by atoms with E-state index in [0.29, 0.717) is 53.1 Å². The number of methoxy groups -OCH3 is 3. The number of rotatable bonds is 4. The van der Waals surface area contributed by atoms with Crippen LogP contribution in [0.1, 0.15) is 11.1 Å². The molecule has 0 fully saturated rings. The number of hydrogen-bond acceptors (Lipinski definition) is 6. The Morgan fingerprint density at radius 2 is 1.71 bits per heavy atom. The summed E-state index contributed by atoms with van der Waals surface area (Å²) < 4.78 is 49.3. The van der Waals surface area contributed by atoms with Crippen LogP contribution in [0.25, 0.3) is 0 Å². The van der Waals surface area contributed by atoms with Crippen molar-refractivity contribution >= 4 is 5.84 Å². The molecule has 2 aliphatic heterocycles. The smallest absolute Gasteiger partial charge is 0.203 e. The van der Waals surface area contributed by atoms with E-state index < -0.39 is 11.6 Å². The summed E-state index contributed by atoms with van der Waals surface area (Å²) in [6.45, 7) is 0.339. The Bertz CT molecular complexity index is 993. The van der Waals surface area contributed by atoms with Crippen molar-refractivity contribution in [2.75, 3.05) is 27.9 Å². The van der Waals surface area contributed by atoms with E-state index in [-0.39, 0.29) is 5.75 Å². The molecule has 28 heavy (non-hydrogen) atoms. The molecule has 0 unspecified atom stereocenters. The molecule has 6 nitrogen and oxygen atoms in total. The molecule has 0 radical (unpaired) electrons. The lowest BCUT2D eigenvalue weighted by molar-refractivity contribution is 0.324. The fraction of sp³-hybridized carbons (Fsp3) is 0.250. The molecule has 0 bridgehead atoms. The number of nitrogens with zero attached hydrogens (tertiary/aromatic N) is 1. The lowest BCUT2D eigenvalue weighted by atomic mass is 10.0. The first kappa shape index (κ1) is 18.1. The average molecular weight is 388 g/mol. The Morgan fingerprint density at radius 1 is 1.00 bits per heavy atom. The van der Waals surface area contributed by atoms with E-state index in [4.69, 9.17) is 18.9 Å². The average Bonchev–Trinajstić information content (AvgIpc) is 2.70. The maximum absolute atomic E-state index is 14.1. The van der Waals surface area contributed by atoms with Crippen molar-refractivity contribution < 1.29 is 27.7 Å². The van der Waals surface area contributed by atoms with Crippen LogP contribution in [0, 0.1) is 11.6 Å². The monoisotopic (exact) mass is 388 g/mol. The third kappa shape index (κ3) is 3.00. The third-order valence-electron chi connectivity index (χ3n) is 4.61. The number of amidine groups is 1. The number of halogens is 2. The first-order valence-corrected chi connectivity index (χ1v) is 8.53. The normalized spacial score (nSPS) is 15.0. The summed E-state index contributed by atoms with van der Waals surface area (Å²) in [5.74, 6) is 1.01. The van der Waals surface area contributed by atoms with Crippen molar-refractivity contribution in [1.82, 2.24) is 5.32 Å². The Labute approximate surface area is 160 Å². The van der Waals surface area contributed by atoms with Gasteiger partial charge in [0.15, 0.2) is 23.1 Å². The molecule has 0 spiro atoms. The standard InChI is InChI=1S/C20H18F2N2O4/c1-25-15-6-11(7-16(26-2)18(15)27-3)19-23-9-12-4-10-5-13(21)8-14(22)17(10)28-20(12)24-19/h5-8H,4,9H2,1-3H3,(H,23,24). The van der Waals surface area contributed by atoms with Gasteiger partial charge >= 0.3 is 0 Å². The van der Waals surface area contributed by atoms with Crippen LogP contribution >= 0.6 is 0 Å². The molecular weight excluding hydrogens is 370 g/mol. The van der Waals surface area contributed by atoms with Crippen molar-refractivity contribution in [2.24, 2.45) is 4.99 Å². The third-order valence-corrected chi connectivity index (χ3v) is 4.61. The minimum atomic E-state index is -0.736. The summed E-state index contributed by atoms with van der Waals surface area (Å²) in [6, 6.07) is 5.60. The number of nitrogens with one attached hydrogen (secondary N) is 1. The first-order valence-electron chi connectivity index (χ1n) is 8.53. The van der Waals surface area contributed by atoms with Gasteiger partial charge in [0.25, 0.3) is 0 Å². The Morgan fingerprint density at radius 3 is 2.36 bits per heavy atom. The van der Waals surface area contributed by atoms with Crippen molar-refractivity contribution in [2.45, 2.75) is 6.42 Å². The molecule has 0 saturated heterocycles. The van der Waals surface area contributed by atoms with Gasteiger partial charge in [-0.2, -0.15) is 0 Å². The van der Waals surface area contributed by atoms with Crippen LogP contribution in [0.5, 0.6) is 23.0 Å². The van der Waals surface area contributed by atoms with Crippen molar-refractivity contribution in [1.29, 1.82) is 0 Å². The highest BCUT2D eigenvalue weighted by molar-refractivity contribution is 6.01. The highest BCUT2D eigenvalue weighted by Crippen LogP contribution is 2.39. The summed E-state index contributed by atoms with van der Waals surface area (Å²) in [4.78, 5) is 4.54. The molecular formula is C20H18F2N2O4. The fourth-order valence-corrected chi connectivity index (χ4v) is 3.29. The minimum absolute atomic E-state index is 0.0267. The Hall–Kier alpha value is -3.29. The van der Waals surface area contributed by atoms with E-state index in [1.807, 2.05) is 0 Å². The van der Waals surface area contributed by atoms with E-state index >= 15 is 0 Å². The lowest BCUT2D eigenvalue weighted by Gasteiger charge is -2.27. The van der Waals surface area contributed by atoms with Crippen molar-refractivity contribution in [3.8, 4) is 23.0 Å². The van der Waals surface area contributed by atoms with Gasteiger partial charge in [0.2, 0.25) is 11.6 Å². The molecule has 0 saturated carbocycles. The highest BCUT2D eigenvalue weighted by Gasteiger charge is 2.28. The zero-order chi connectivity index (χ0) is 19.8. The maximum Gasteiger partial charge on any atom is 0.203 e. The second-order valence-corrected chi connectivity index (χ2v) is 6.29. The topological polar surface area (TPSA) is 61.3 Å². The van der Waals surface area contributed by atoms with Crippen molar-refractivity contribution in [3.63, 3.8) is 0 Å². The lowest BCUT2D eigenvalue weighted by Crippen LogP contribution is -2.35. The van der Waals surface area contributed by atoms with Crippen molar-refractivity contribution in [3.05, 3.63) is 58.5 Å². The largest absolute Gasteiger partial charge is 0.493 e. The molecule has 0 aromatic heterocycles.